The molecule has 138 valence electrons. The van der Waals surface area contributed by atoms with Crippen molar-refractivity contribution >= 4 is 32.9 Å². The zero-order chi connectivity index (χ0) is 19.0. The van der Waals surface area contributed by atoms with Gasteiger partial charge in [-0.3, -0.25) is 4.31 Å². The number of benzene rings is 2. The van der Waals surface area contributed by atoms with Crippen LogP contribution >= 0.6 is 0 Å². The maximum absolute atomic E-state index is 12.0. The van der Waals surface area contributed by atoms with Crippen molar-refractivity contribution in [3.8, 4) is 11.3 Å². The number of nitrogens with zero attached hydrogens (tertiary/aromatic N) is 3. The van der Waals surface area contributed by atoms with Gasteiger partial charge in [0, 0.05) is 29.5 Å². The number of fused-ring (bicyclic) bond motifs is 1. The Balaban J connectivity index is 1.63. The third kappa shape index (κ3) is 3.56. The van der Waals surface area contributed by atoms with Crippen LogP contribution in [0.3, 0.4) is 0 Å². The first-order valence-corrected chi connectivity index (χ1v) is 10.3. The summed E-state index contributed by atoms with van der Waals surface area (Å²) in [6, 6.07) is 15.0. The summed E-state index contributed by atoms with van der Waals surface area (Å²) in [5.74, 6) is 0.617. The van der Waals surface area contributed by atoms with Crippen molar-refractivity contribution in [2.75, 3.05) is 28.2 Å². The van der Waals surface area contributed by atoms with Gasteiger partial charge in [0.1, 0.15) is 12.1 Å². The van der Waals surface area contributed by atoms with E-state index in [0.717, 1.165) is 28.9 Å². The maximum Gasteiger partial charge on any atom is 0.232 e. The Morgan fingerprint density at radius 2 is 1.96 bits per heavy atom. The first-order chi connectivity index (χ1) is 12.9. The molecule has 1 aromatic heterocycles. The van der Waals surface area contributed by atoms with Crippen molar-refractivity contribution in [2.45, 2.75) is 6.42 Å². The van der Waals surface area contributed by atoms with Gasteiger partial charge in [-0.05, 0) is 36.2 Å². The third-order valence-corrected chi connectivity index (χ3v) is 5.64. The number of hydrogen-bond acceptors (Lipinski definition) is 6. The Labute approximate surface area is 157 Å². The second kappa shape index (κ2) is 6.55. The molecule has 0 atom stereocenters. The number of nitrogens with one attached hydrogen (secondary N) is 1. The van der Waals surface area contributed by atoms with Crippen molar-refractivity contribution in [3.63, 3.8) is 0 Å². The highest BCUT2D eigenvalue weighted by atomic mass is 32.2. The molecule has 0 bridgehead atoms. The van der Waals surface area contributed by atoms with E-state index in [9.17, 15) is 8.42 Å². The molecule has 2 heterocycles. The lowest BCUT2D eigenvalue weighted by Gasteiger charge is -2.17. The van der Waals surface area contributed by atoms with Crippen molar-refractivity contribution < 1.29 is 8.42 Å². The Bertz CT molecular complexity index is 1110. The average molecular weight is 381 g/mol. The van der Waals surface area contributed by atoms with E-state index in [2.05, 4.69) is 15.3 Å². The molecule has 0 spiro atoms. The van der Waals surface area contributed by atoms with Gasteiger partial charge in [-0.25, -0.2) is 18.4 Å². The van der Waals surface area contributed by atoms with E-state index >= 15 is 0 Å². The topological polar surface area (TPSA) is 101 Å². The van der Waals surface area contributed by atoms with Crippen LogP contribution in [0.2, 0.25) is 0 Å². The minimum absolute atomic E-state index is 0.477. The fraction of sp³-hybridized carbons (Fsp3) is 0.158. The summed E-state index contributed by atoms with van der Waals surface area (Å²) >= 11 is 0. The molecule has 0 saturated carbocycles. The molecule has 3 N–H and O–H groups in total. The van der Waals surface area contributed by atoms with Crippen LogP contribution in [-0.2, 0) is 16.4 Å². The molecule has 0 radical (unpaired) electrons. The van der Waals surface area contributed by atoms with E-state index < -0.39 is 10.0 Å². The van der Waals surface area contributed by atoms with Gasteiger partial charge in [-0.15, -0.1) is 0 Å². The van der Waals surface area contributed by atoms with E-state index in [0.29, 0.717) is 23.7 Å². The zero-order valence-electron chi connectivity index (χ0n) is 14.8. The largest absolute Gasteiger partial charge is 0.399 e. The van der Waals surface area contributed by atoms with Crippen LogP contribution in [0.1, 0.15) is 5.56 Å². The van der Waals surface area contributed by atoms with E-state index in [1.807, 2.05) is 48.5 Å². The minimum Gasteiger partial charge on any atom is -0.399 e. The smallest absolute Gasteiger partial charge is 0.232 e. The minimum atomic E-state index is -3.28. The van der Waals surface area contributed by atoms with Crippen molar-refractivity contribution in [1.29, 1.82) is 0 Å². The first-order valence-electron chi connectivity index (χ1n) is 8.46. The number of anilines is 4. The average Bonchev–Trinajstić information content (AvgIpc) is 3.05. The van der Waals surface area contributed by atoms with Gasteiger partial charge in [-0.1, -0.05) is 18.2 Å². The summed E-state index contributed by atoms with van der Waals surface area (Å²) in [7, 11) is -3.28. The molecule has 3 aromatic rings. The van der Waals surface area contributed by atoms with E-state index in [-0.39, 0.29) is 0 Å². The van der Waals surface area contributed by atoms with Gasteiger partial charge in [-0.2, -0.15) is 0 Å². The molecule has 8 heteroatoms. The molecule has 0 aliphatic carbocycles. The van der Waals surface area contributed by atoms with Gasteiger partial charge in [0.15, 0.2) is 0 Å². The van der Waals surface area contributed by atoms with Crippen LogP contribution < -0.4 is 15.4 Å². The second-order valence-corrected chi connectivity index (χ2v) is 8.37. The Morgan fingerprint density at radius 3 is 2.74 bits per heavy atom. The highest BCUT2D eigenvalue weighted by Crippen LogP contribution is 2.33. The van der Waals surface area contributed by atoms with Crippen LogP contribution in [-0.4, -0.2) is 31.2 Å². The predicted molar refractivity (Wildman–Crippen MR) is 107 cm³/mol. The van der Waals surface area contributed by atoms with Crippen LogP contribution in [0.15, 0.2) is 54.9 Å². The van der Waals surface area contributed by atoms with Crippen molar-refractivity contribution in [2.24, 2.45) is 0 Å². The summed E-state index contributed by atoms with van der Waals surface area (Å²) in [4.78, 5) is 8.56. The number of aromatic nitrogens is 2. The maximum atomic E-state index is 12.0. The van der Waals surface area contributed by atoms with Crippen LogP contribution in [0.25, 0.3) is 11.3 Å². The van der Waals surface area contributed by atoms with Gasteiger partial charge in [0.25, 0.3) is 0 Å². The van der Waals surface area contributed by atoms with Gasteiger partial charge < -0.3 is 11.1 Å². The first kappa shape index (κ1) is 17.3. The lowest BCUT2D eigenvalue weighted by molar-refractivity contribution is 0.598. The second-order valence-electron chi connectivity index (χ2n) is 6.47. The number of rotatable bonds is 4. The molecule has 1 aliphatic heterocycles. The summed E-state index contributed by atoms with van der Waals surface area (Å²) in [5.41, 5.74) is 10.7. The molecule has 2 aromatic carbocycles. The van der Waals surface area contributed by atoms with Crippen LogP contribution in [0.4, 0.5) is 22.9 Å². The SMILES string of the molecule is CS(=O)(=O)N1CCc2ccc(Nc3cc(-c4cccc(N)c4)ncn3)cc21. The summed E-state index contributed by atoms with van der Waals surface area (Å²) in [6.07, 6.45) is 3.43. The van der Waals surface area contributed by atoms with E-state index in [1.165, 1.54) is 16.9 Å². The number of nitrogen functional groups attached to an aromatic ring is 1. The predicted octanol–water partition coefficient (Wildman–Crippen LogP) is 2.79. The molecule has 0 amide bonds. The fourth-order valence-electron chi connectivity index (χ4n) is 3.20. The number of nitrogens with two attached hydrogens (primary N) is 1. The molecule has 0 fully saturated rings. The lowest BCUT2D eigenvalue weighted by Crippen LogP contribution is -2.27. The lowest BCUT2D eigenvalue weighted by atomic mass is 10.1. The number of hydrogen-bond donors (Lipinski definition) is 2. The molecule has 1 aliphatic rings. The standard InChI is InChI=1S/C19H19N5O2S/c1-27(25,26)24-8-7-13-5-6-16(10-18(13)24)23-19-11-17(21-12-22-19)14-3-2-4-15(20)9-14/h2-6,9-12H,7-8,20H2,1H3,(H,21,22,23). The van der Waals surface area contributed by atoms with Crippen LogP contribution in [0, 0.1) is 0 Å². The third-order valence-electron chi connectivity index (χ3n) is 4.46. The van der Waals surface area contributed by atoms with E-state index in [1.54, 1.807) is 0 Å². The highest BCUT2D eigenvalue weighted by molar-refractivity contribution is 7.92. The van der Waals surface area contributed by atoms with Gasteiger partial charge >= 0.3 is 0 Å². The molecule has 7 nitrogen and oxygen atoms in total. The Hall–Kier alpha value is -3.13. The summed E-state index contributed by atoms with van der Waals surface area (Å²) in [6.45, 7) is 0.477. The Kier molecular flexibility index (Phi) is 4.19. The van der Waals surface area contributed by atoms with Gasteiger partial charge in [0.05, 0.1) is 17.6 Å². The zero-order valence-corrected chi connectivity index (χ0v) is 15.6. The number of sulfonamides is 1. The molecule has 0 saturated heterocycles. The normalized spacial score (nSPS) is 13.4. The van der Waals surface area contributed by atoms with Crippen LogP contribution in [0.5, 0.6) is 0 Å². The highest BCUT2D eigenvalue weighted by Gasteiger charge is 2.26. The molecule has 0 unspecified atom stereocenters. The summed E-state index contributed by atoms with van der Waals surface area (Å²) < 4.78 is 25.4. The molecular formula is C19H19N5O2S. The van der Waals surface area contributed by atoms with Crippen molar-refractivity contribution in [1.82, 2.24) is 9.97 Å². The fourth-order valence-corrected chi connectivity index (χ4v) is 4.15. The molecule has 27 heavy (non-hydrogen) atoms. The molecular weight excluding hydrogens is 362 g/mol. The monoisotopic (exact) mass is 381 g/mol. The van der Waals surface area contributed by atoms with Gasteiger partial charge in [0.2, 0.25) is 10.0 Å². The quantitative estimate of drug-likeness (QED) is 0.674. The van der Waals surface area contributed by atoms with E-state index in [4.69, 9.17) is 5.73 Å². The summed E-state index contributed by atoms with van der Waals surface area (Å²) in [5, 5.41) is 3.23. The van der Waals surface area contributed by atoms with Crippen molar-refractivity contribution in [3.05, 3.63) is 60.4 Å². The Morgan fingerprint density at radius 1 is 1.11 bits per heavy atom. The molecule has 4 rings (SSSR count).